The molecule has 0 saturated heterocycles. The summed E-state index contributed by atoms with van der Waals surface area (Å²) >= 11 is 0. The van der Waals surface area contributed by atoms with Crippen LogP contribution in [0, 0.1) is 0 Å². The van der Waals surface area contributed by atoms with E-state index in [0.717, 1.165) is 24.2 Å². The Morgan fingerprint density at radius 2 is 2.33 bits per heavy atom. The fourth-order valence-electron chi connectivity index (χ4n) is 1.64. The summed E-state index contributed by atoms with van der Waals surface area (Å²) in [6.45, 7) is 2.69. The fourth-order valence-corrected chi connectivity index (χ4v) is 1.64. The lowest BCUT2D eigenvalue weighted by molar-refractivity contribution is 0.255. The first-order valence-corrected chi connectivity index (χ1v) is 6.13. The topological polar surface area (TPSA) is 21.6 Å². The highest BCUT2D eigenvalue weighted by Crippen LogP contribution is 2.13. The van der Waals surface area contributed by atoms with Gasteiger partial charge in [-0.1, -0.05) is 23.8 Å². The molecule has 0 bridgehead atoms. The zero-order chi connectivity index (χ0) is 12.6. The summed E-state index contributed by atoms with van der Waals surface area (Å²) in [5.74, 6) is 0.904. The Morgan fingerprint density at radius 1 is 1.39 bits per heavy atom. The van der Waals surface area contributed by atoms with Gasteiger partial charge in [-0.15, -0.1) is 5.73 Å². The van der Waals surface area contributed by atoms with Crippen LogP contribution in [0.4, 0.5) is 0 Å². The number of hydrogen-bond donors (Lipinski definition) is 0. The van der Waals surface area contributed by atoms with E-state index in [-0.39, 0.29) is 0 Å². The molecule has 0 N–H and O–H groups in total. The van der Waals surface area contributed by atoms with E-state index in [9.17, 15) is 0 Å². The molecule has 2 heteroatoms. The molecule has 0 amide bonds. The molecule has 1 aliphatic heterocycles. The summed E-state index contributed by atoms with van der Waals surface area (Å²) in [6, 6.07) is 0. The molecule has 2 nitrogen and oxygen atoms in total. The summed E-state index contributed by atoms with van der Waals surface area (Å²) in [7, 11) is 0. The van der Waals surface area contributed by atoms with Crippen LogP contribution < -0.4 is 0 Å². The number of aliphatic imine (C=N–C) groups is 1. The summed E-state index contributed by atoms with van der Waals surface area (Å²) < 4.78 is 5.78. The molecule has 0 spiro atoms. The van der Waals surface area contributed by atoms with Gasteiger partial charge in [-0.05, 0) is 37.1 Å². The van der Waals surface area contributed by atoms with E-state index in [1.807, 2.05) is 24.4 Å². The van der Waals surface area contributed by atoms with E-state index < -0.39 is 0 Å². The maximum Gasteiger partial charge on any atom is 0.119 e. The van der Waals surface area contributed by atoms with Crippen LogP contribution in [0.2, 0.25) is 0 Å². The molecule has 0 unspecified atom stereocenters. The Hall–Kier alpha value is -2.05. The molecular weight excluding hydrogens is 222 g/mol. The highest BCUT2D eigenvalue weighted by Gasteiger charge is 1.99. The van der Waals surface area contributed by atoms with E-state index >= 15 is 0 Å². The van der Waals surface area contributed by atoms with Gasteiger partial charge in [0.1, 0.15) is 12.4 Å². The highest BCUT2D eigenvalue weighted by atomic mass is 16.5. The largest absolute Gasteiger partial charge is 0.489 e. The minimum atomic E-state index is 0.567. The van der Waals surface area contributed by atoms with Gasteiger partial charge in [0.15, 0.2) is 0 Å². The second-order valence-corrected chi connectivity index (χ2v) is 4.26. The normalized spacial score (nSPS) is 21.3. The maximum atomic E-state index is 5.78. The lowest BCUT2D eigenvalue weighted by atomic mass is 10.2. The first-order valence-electron chi connectivity index (χ1n) is 6.13. The predicted octanol–water partition coefficient (Wildman–Crippen LogP) is 3.86. The van der Waals surface area contributed by atoms with Gasteiger partial charge >= 0.3 is 0 Å². The molecule has 0 saturated carbocycles. The minimum Gasteiger partial charge on any atom is -0.489 e. The summed E-state index contributed by atoms with van der Waals surface area (Å²) in [5.41, 5.74) is 5.46. The summed E-state index contributed by atoms with van der Waals surface area (Å²) in [5, 5.41) is 0. The molecule has 1 aliphatic carbocycles. The van der Waals surface area contributed by atoms with Crippen LogP contribution in [0.5, 0.6) is 0 Å². The third kappa shape index (κ3) is 4.08. The first kappa shape index (κ1) is 12.4. The molecule has 0 fully saturated rings. The predicted molar refractivity (Wildman–Crippen MR) is 75.4 cm³/mol. The third-order valence-corrected chi connectivity index (χ3v) is 2.67. The van der Waals surface area contributed by atoms with E-state index in [1.54, 1.807) is 6.20 Å². The van der Waals surface area contributed by atoms with Gasteiger partial charge in [0, 0.05) is 12.6 Å². The van der Waals surface area contributed by atoms with Gasteiger partial charge in [-0.3, -0.25) is 4.99 Å². The van der Waals surface area contributed by atoms with Crippen molar-refractivity contribution in [3.05, 3.63) is 65.3 Å². The first-order chi connectivity index (χ1) is 8.84. The maximum absolute atomic E-state index is 5.78. The molecule has 2 rings (SSSR count). The average molecular weight is 239 g/mol. The van der Waals surface area contributed by atoms with Crippen LogP contribution in [0.3, 0.4) is 0 Å². The van der Waals surface area contributed by atoms with Crippen molar-refractivity contribution in [2.24, 2.45) is 4.99 Å². The number of ether oxygens (including phenoxy) is 1. The molecular formula is C16H17NO. The van der Waals surface area contributed by atoms with Gasteiger partial charge in [0.2, 0.25) is 0 Å². The molecule has 92 valence electrons. The van der Waals surface area contributed by atoms with E-state index in [0.29, 0.717) is 6.61 Å². The van der Waals surface area contributed by atoms with Crippen molar-refractivity contribution in [3.63, 3.8) is 0 Å². The molecule has 0 radical (unpaired) electrons. The monoisotopic (exact) mass is 239 g/mol. The van der Waals surface area contributed by atoms with Crippen molar-refractivity contribution in [3.8, 4) is 0 Å². The van der Waals surface area contributed by atoms with Crippen molar-refractivity contribution >= 4 is 6.21 Å². The van der Waals surface area contributed by atoms with E-state index in [2.05, 4.69) is 35.9 Å². The quantitative estimate of drug-likeness (QED) is 0.685. The van der Waals surface area contributed by atoms with Crippen LogP contribution >= 0.6 is 0 Å². The molecule has 1 heterocycles. The van der Waals surface area contributed by atoms with Crippen LogP contribution in [-0.2, 0) is 4.74 Å². The van der Waals surface area contributed by atoms with E-state index in [4.69, 9.17) is 4.74 Å². The van der Waals surface area contributed by atoms with Crippen LogP contribution in [0.25, 0.3) is 0 Å². The Kier molecular flexibility index (Phi) is 4.57. The van der Waals surface area contributed by atoms with Crippen molar-refractivity contribution < 1.29 is 4.74 Å². The highest BCUT2D eigenvalue weighted by molar-refractivity contribution is 5.61. The van der Waals surface area contributed by atoms with E-state index in [1.165, 1.54) is 5.57 Å². The molecule has 0 aromatic heterocycles. The Morgan fingerprint density at radius 3 is 3.28 bits per heavy atom. The average Bonchev–Trinajstić information content (AvgIpc) is 2.53. The zero-order valence-electron chi connectivity index (χ0n) is 10.6. The van der Waals surface area contributed by atoms with Crippen LogP contribution in [0.15, 0.2) is 70.3 Å². The molecule has 0 aromatic carbocycles. The fraction of sp³-hybridized carbons (Fsp3) is 0.250. The van der Waals surface area contributed by atoms with Crippen molar-refractivity contribution in [1.82, 2.24) is 0 Å². The third-order valence-electron chi connectivity index (χ3n) is 2.67. The standard InChI is InChI=1S/C16H17NO/c1-14-5-2-8-16(10-9-14)18-13-15-6-3-11-17-12-4-7-15/h2,6-12H,3,5,13H2,1H3/b15-6+,17-11?. The minimum absolute atomic E-state index is 0.567. The molecule has 2 aliphatic rings. The lowest BCUT2D eigenvalue weighted by Gasteiger charge is -2.07. The Bertz CT molecular complexity index is 507. The molecule has 18 heavy (non-hydrogen) atoms. The smallest absolute Gasteiger partial charge is 0.119 e. The van der Waals surface area contributed by atoms with Gasteiger partial charge < -0.3 is 4.74 Å². The van der Waals surface area contributed by atoms with Crippen molar-refractivity contribution in [2.75, 3.05) is 6.61 Å². The van der Waals surface area contributed by atoms with Gasteiger partial charge in [0.05, 0.1) is 6.20 Å². The van der Waals surface area contributed by atoms with Crippen molar-refractivity contribution in [1.29, 1.82) is 0 Å². The second kappa shape index (κ2) is 6.63. The summed E-state index contributed by atoms with van der Waals surface area (Å²) in [4.78, 5) is 4.03. The number of rotatable bonds is 3. The number of hydrogen-bond acceptors (Lipinski definition) is 2. The van der Waals surface area contributed by atoms with Gasteiger partial charge in [-0.25, -0.2) is 0 Å². The lowest BCUT2D eigenvalue weighted by Crippen LogP contribution is -1.96. The second-order valence-electron chi connectivity index (χ2n) is 4.26. The molecule has 0 aromatic rings. The van der Waals surface area contributed by atoms with Gasteiger partial charge in [-0.2, -0.15) is 0 Å². The molecule has 0 atom stereocenters. The van der Waals surface area contributed by atoms with Crippen LogP contribution in [-0.4, -0.2) is 12.8 Å². The van der Waals surface area contributed by atoms with Gasteiger partial charge in [0.25, 0.3) is 0 Å². The number of nitrogens with zero attached hydrogens (tertiary/aromatic N) is 1. The SMILES string of the molecule is CC1=CC=C(OC/C2=C/CC=NC=C=C2)C=CC1. The Labute approximate surface area is 108 Å². The Balaban J connectivity index is 1.96. The zero-order valence-corrected chi connectivity index (χ0v) is 10.6. The van der Waals surface area contributed by atoms with Crippen LogP contribution in [0.1, 0.15) is 19.8 Å². The van der Waals surface area contributed by atoms with Crippen molar-refractivity contribution in [2.45, 2.75) is 19.8 Å². The summed E-state index contributed by atoms with van der Waals surface area (Å²) in [6.07, 6.45) is 17.6. The number of allylic oxidation sites excluding steroid dienone is 6.